The normalized spacial score (nSPS) is 19.4. The third-order valence-corrected chi connectivity index (χ3v) is 2.51. The number of aromatic nitrogens is 2. The molecule has 1 aliphatic carbocycles. The molecule has 1 aliphatic rings. The maximum Gasteiger partial charge on any atom is 0.0577 e. The maximum atomic E-state index is 5.44. The summed E-state index contributed by atoms with van der Waals surface area (Å²) in [6.07, 6.45) is 4.27. The van der Waals surface area contributed by atoms with Gasteiger partial charge < -0.3 is 4.74 Å². The van der Waals surface area contributed by atoms with Crippen molar-refractivity contribution in [1.82, 2.24) is 10.2 Å². The highest BCUT2D eigenvalue weighted by Crippen LogP contribution is 2.47. The second kappa shape index (κ2) is 2.90. The number of hydrogen-bond donors (Lipinski definition) is 1. The summed E-state index contributed by atoms with van der Waals surface area (Å²) >= 11 is 0. The standard InChI is InChI=1S/C9H14N2O.H2/c1-2-12-7-9(4-5-9)8-3-6-10-11-8;/h3,6H,2,4-5,7H2,1H3,(H,10,11);1H. The fourth-order valence-electron chi connectivity index (χ4n) is 1.49. The highest BCUT2D eigenvalue weighted by molar-refractivity contribution is 5.22. The Labute approximate surface area is 73.6 Å². The summed E-state index contributed by atoms with van der Waals surface area (Å²) in [5, 5.41) is 6.97. The average Bonchev–Trinajstić information content (AvgIpc) is 2.66. The van der Waals surface area contributed by atoms with Crippen molar-refractivity contribution in [2.45, 2.75) is 25.2 Å². The minimum atomic E-state index is 0. The molecule has 3 nitrogen and oxygen atoms in total. The number of H-pyrrole nitrogens is 1. The van der Waals surface area contributed by atoms with E-state index in [1.165, 1.54) is 18.5 Å². The Morgan fingerprint density at radius 2 is 2.58 bits per heavy atom. The number of aromatic amines is 1. The van der Waals surface area contributed by atoms with Crippen molar-refractivity contribution in [3.8, 4) is 0 Å². The lowest BCUT2D eigenvalue weighted by Crippen LogP contribution is -2.15. The van der Waals surface area contributed by atoms with Crippen molar-refractivity contribution in [3.63, 3.8) is 0 Å². The molecule has 1 aromatic heterocycles. The van der Waals surface area contributed by atoms with Crippen LogP contribution in [0.5, 0.6) is 0 Å². The molecular formula is C9H16N2O. The fraction of sp³-hybridized carbons (Fsp3) is 0.667. The second-order valence-corrected chi connectivity index (χ2v) is 3.39. The van der Waals surface area contributed by atoms with Crippen LogP contribution in [0.3, 0.4) is 0 Å². The van der Waals surface area contributed by atoms with Gasteiger partial charge >= 0.3 is 0 Å². The highest BCUT2D eigenvalue weighted by atomic mass is 16.5. The lowest BCUT2D eigenvalue weighted by Gasteiger charge is -2.11. The molecule has 1 fully saturated rings. The highest BCUT2D eigenvalue weighted by Gasteiger charge is 2.45. The minimum absolute atomic E-state index is 0. The van der Waals surface area contributed by atoms with Gasteiger partial charge in [0.1, 0.15) is 0 Å². The lowest BCUT2D eigenvalue weighted by molar-refractivity contribution is 0.124. The summed E-state index contributed by atoms with van der Waals surface area (Å²) in [5.41, 5.74) is 1.52. The Morgan fingerprint density at radius 1 is 1.75 bits per heavy atom. The Bertz CT molecular complexity index is 244. The molecule has 0 radical (unpaired) electrons. The van der Waals surface area contributed by atoms with Gasteiger partial charge in [-0.3, -0.25) is 5.10 Å². The van der Waals surface area contributed by atoms with E-state index in [2.05, 4.69) is 10.2 Å². The molecule has 0 saturated heterocycles. The number of hydrogen-bond acceptors (Lipinski definition) is 2. The van der Waals surface area contributed by atoms with Crippen LogP contribution in [0.1, 0.15) is 26.9 Å². The predicted molar refractivity (Wildman–Crippen MR) is 48.1 cm³/mol. The Balaban J connectivity index is 0.000000845. The molecule has 0 unspecified atom stereocenters. The van der Waals surface area contributed by atoms with E-state index in [0.29, 0.717) is 0 Å². The van der Waals surface area contributed by atoms with Gasteiger partial charge in [-0.15, -0.1) is 0 Å². The molecule has 1 aromatic rings. The van der Waals surface area contributed by atoms with Gasteiger partial charge in [0.25, 0.3) is 0 Å². The van der Waals surface area contributed by atoms with Crippen molar-refractivity contribution >= 4 is 0 Å². The largest absolute Gasteiger partial charge is 0.381 e. The van der Waals surface area contributed by atoms with E-state index in [1.54, 1.807) is 6.20 Å². The number of ether oxygens (including phenoxy) is 1. The zero-order valence-electron chi connectivity index (χ0n) is 7.34. The van der Waals surface area contributed by atoms with Crippen LogP contribution in [0.25, 0.3) is 0 Å². The van der Waals surface area contributed by atoms with Crippen molar-refractivity contribution in [2.24, 2.45) is 0 Å². The first-order chi connectivity index (χ1) is 5.87. The first kappa shape index (κ1) is 7.80. The summed E-state index contributed by atoms with van der Waals surface area (Å²) in [5.74, 6) is 0. The molecule has 0 atom stereocenters. The Kier molecular flexibility index (Phi) is 1.89. The number of rotatable bonds is 4. The minimum Gasteiger partial charge on any atom is -0.381 e. The van der Waals surface area contributed by atoms with Crippen LogP contribution >= 0.6 is 0 Å². The van der Waals surface area contributed by atoms with Gasteiger partial charge in [0.05, 0.1) is 6.61 Å². The molecule has 0 aliphatic heterocycles. The predicted octanol–water partition coefficient (Wildman–Crippen LogP) is 1.72. The summed E-state index contributed by atoms with van der Waals surface area (Å²) in [7, 11) is 0. The van der Waals surface area contributed by atoms with Gasteiger partial charge in [0.15, 0.2) is 0 Å². The zero-order chi connectivity index (χ0) is 8.44. The Hall–Kier alpha value is -0.830. The summed E-state index contributed by atoms with van der Waals surface area (Å²) < 4.78 is 5.44. The molecule has 0 bridgehead atoms. The lowest BCUT2D eigenvalue weighted by atomic mass is 10.0. The van der Waals surface area contributed by atoms with Crippen LogP contribution in [0.2, 0.25) is 0 Å². The quantitative estimate of drug-likeness (QED) is 0.743. The number of nitrogens with zero attached hydrogens (tertiary/aromatic N) is 1. The molecule has 1 saturated carbocycles. The topological polar surface area (TPSA) is 37.9 Å². The summed E-state index contributed by atoms with van der Waals surface area (Å²) in [6, 6.07) is 2.05. The van der Waals surface area contributed by atoms with E-state index >= 15 is 0 Å². The first-order valence-electron chi connectivity index (χ1n) is 4.45. The van der Waals surface area contributed by atoms with Crippen LogP contribution in [0.15, 0.2) is 12.3 Å². The van der Waals surface area contributed by atoms with Gasteiger partial charge in [-0.2, -0.15) is 5.10 Å². The molecule has 0 amide bonds. The van der Waals surface area contributed by atoms with E-state index in [1.807, 2.05) is 13.0 Å². The van der Waals surface area contributed by atoms with Gasteiger partial charge in [0.2, 0.25) is 0 Å². The first-order valence-corrected chi connectivity index (χ1v) is 4.45. The van der Waals surface area contributed by atoms with Gasteiger partial charge in [-0.1, -0.05) is 0 Å². The maximum absolute atomic E-state index is 5.44. The molecule has 68 valence electrons. The van der Waals surface area contributed by atoms with Crippen LogP contribution in [0, 0.1) is 0 Å². The van der Waals surface area contributed by atoms with Crippen LogP contribution in [-0.2, 0) is 10.2 Å². The van der Waals surface area contributed by atoms with E-state index in [9.17, 15) is 0 Å². The van der Waals surface area contributed by atoms with Gasteiger partial charge in [-0.05, 0) is 25.8 Å². The third kappa shape index (κ3) is 1.25. The molecule has 2 rings (SSSR count). The van der Waals surface area contributed by atoms with E-state index in [-0.39, 0.29) is 6.84 Å². The molecular weight excluding hydrogens is 152 g/mol. The fourth-order valence-corrected chi connectivity index (χ4v) is 1.49. The SMILES string of the molecule is CCOCC1(c2ccn[nH]2)CC1.[HH]. The van der Waals surface area contributed by atoms with Crippen LogP contribution in [-0.4, -0.2) is 23.4 Å². The smallest absolute Gasteiger partial charge is 0.0577 e. The van der Waals surface area contributed by atoms with E-state index in [0.717, 1.165) is 13.2 Å². The van der Waals surface area contributed by atoms with E-state index in [4.69, 9.17) is 4.74 Å². The van der Waals surface area contributed by atoms with Crippen molar-refractivity contribution < 1.29 is 6.16 Å². The van der Waals surface area contributed by atoms with E-state index < -0.39 is 0 Å². The monoisotopic (exact) mass is 168 g/mol. The summed E-state index contributed by atoms with van der Waals surface area (Å²) in [6.45, 7) is 3.67. The molecule has 0 spiro atoms. The molecule has 0 aromatic carbocycles. The van der Waals surface area contributed by atoms with Gasteiger partial charge in [-0.25, -0.2) is 0 Å². The van der Waals surface area contributed by atoms with Crippen LogP contribution < -0.4 is 0 Å². The molecule has 1 heterocycles. The molecule has 3 heteroatoms. The Morgan fingerprint density at radius 3 is 3.08 bits per heavy atom. The van der Waals surface area contributed by atoms with Crippen LogP contribution in [0.4, 0.5) is 0 Å². The molecule has 12 heavy (non-hydrogen) atoms. The van der Waals surface area contributed by atoms with Gasteiger partial charge in [0, 0.05) is 25.3 Å². The number of nitrogens with one attached hydrogen (secondary N) is 1. The van der Waals surface area contributed by atoms with Crippen molar-refractivity contribution in [1.29, 1.82) is 0 Å². The van der Waals surface area contributed by atoms with Crippen molar-refractivity contribution in [3.05, 3.63) is 18.0 Å². The summed E-state index contributed by atoms with van der Waals surface area (Å²) in [4.78, 5) is 0. The second-order valence-electron chi connectivity index (χ2n) is 3.39. The van der Waals surface area contributed by atoms with Crippen molar-refractivity contribution in [2.75, 3.05) is 13.2 Å². The zero-order valence-corrected chi connectivity index (χ0v) is 7.34. The molecule has 1 N–H and O–H groups in total. The average molecular weight is 168 g/mol. The third-order valence-electron chi connectivity index (χ3n) is 2.51.